The zero-order valence-corrected chi connectivity index (χ0v) is 22.3. The Hall–Kier alpha value is -2.75. The first-order valence-corrected chi connectivity index (χ1v) is 14.1. The largest absolute Gasteiger partial charge is 0.286 e. The third-order valence-corrected chi connectivity index (χ3v) is 8.78. The molecule has 0 spiro atoms. The molecule has 0 N–H and O–H groups in total. The summed E-state index contributed by atoms with van der Waals surface area (Å²) in [5.41, 5.74) is 3.67. The Bertz CT molecular complexity index is 1460. The molecule has 10 heteroatoms. The summed E-state index contributed by atoms with van der Waals surface area (Å²) in [7, 11) is -3.45. The molecule has 0 aliphatic carbocycles. The average Bonchev–Trinajstić information content (AvgIpc) is 3.36. The number of thiazole rings is 1. The molecule has 4 aromatic rings. The summed E-state index contributed by atoms with van der Waals surface area (Å²) < 4.78 is 28.0. The summed E-state index contributed by atoms with van der Waals surface area (Å²) in [4.78, 5) is 20.0. The number of nitrogens with zero attached hydrogens (tertiary/aromatic N) is 4. The number of anilines is 1. The lowest BCUT2D eigenvalue weighted by molar-refractivity contribution is -0.118. The highest BCUT2D eigenvalue weighted by atomic mass is 35.5. The van der Waals surface area contributed by atoms with Crippen LogP contribution in [0.25, 0.3) is 10.2 Å². The molecule has 0 unspecified atom stereocenters. The lowest BCUT2D eigenvalue weighted by atomic mass is 10.2. The van der Waals surface area contributed by atoms with Gasteiger partial charge in [-0.25, -0.2) is 13.4 Å². The Morgan fingerprint density at radius 2 is 1.86 bits per heavy atom. The normalized spacial score (nSPS) is 11.8. The van der Waals surface area contributed by atoms with E-state index in [1.165, 1.54) is 11.3 Å². The summed E-state index contributed by atoms with van der Waals surface area (Å²) in [6.45, 7) is 6.72. The maximum Gasteiger partial charge on any atom is 0.228 e. The molecule has 0 aliphatic rings. The maximum atomic E-state index is 13.3. The molecule has 2 aromatic heterocycles. The number of hydrogen-bond acceptors (Lipinski definition) is 6. The number of sulfone groups is 1. The lowest BCUT2D eigenvalue weighted by Gasteiger charge is -2.20. The van der Waals surface area contributed by atoms with Crippen molar-refractivity contribution >= 4 is 54.0 Å². The minimum absolute atomic E-state index is 0.0946. The number of fused-ring (bicyclic) bond motifs is 1. The van der Waals surface area contributed by atoms with Crippen LogP contribution >= 0.6 is 22.9 Å². The van der Waals surface area contributed by atoms with E-state index in [1.54, 1.807) is 35.2 Å². The zero-order valence-electron chi connectivity index (χ0n) is 19.9. The summed E-state index contributed by atoms with van der Waals surface area (Å²) >= 11 is 7.63. The van der Waals surface area contributed by atoms with Crippen LogP contribution in [0, 0.1) is 20.8 Å². The number of amides is 1. The molecular weight excluding hydrogens is 504 g/mol. The second kappa shape index (κ2) is 10.5. The number of rotatable bonds is 9. The van der Waals surface area contributed by atoms with Crippen molar-refractivity contribution in [2.75, 3.05) is 17.2 Å². The predicted octanol–water partition coefficient (Wildman–Crippen LogP) is 5.36. The average molecular weight is 531 g/mol. The standard InChI is InChI=1S/C25H27ClN4O3S2/c1-17-14-20(26)16-22-24(17)27-25(34-22)29(11-12-30-19(3)15-18(2)28-30)23(31)10-7-13-35(32,33)21-8-5-4-6-9-21/h4-6,8-9,14-16H,7,10-13H2,1-3H3. The highest BCUT2D eigenvalue weighted by molar-refractivity contribution is 7.91. The van der Waals surface area contributed by atoms with Crippen LogP contribution in [0.4, 0.5) is 5.13 Å². The van der Waals surface area contributed by atoms with Crippen molar-refractivity contribution in [2.24, 2.45) is 0 Å². The van der Waals surface area contributed by atoms with Crippen molar-refractivity contribution in [3.05, 3.63) is 70.5 Å². The van der Waals surface area contributed by atoms with Gasteiger partial charge in [0.05, 0.1) is 33.1 Å². The molecular formula is C25H27ClN4O3S2. The van der Waals surface area contributed by atoms with Crippen LogP contribution in [0.5, 0.6) is 0 Å². The van der Waals surface area contributed by atoms with E-state index in [1.807, 2.05) is 43.7 Å². The van der Waals surface area contributed by atoms with Gasteiger partial charge in [0, 0.05) is 23.7 Å². The van der Waals surface area contributed by atoms with Gasteiger partial charge in [0.25, 0.3) is 0 Å². The van der Waals surface area contributed by atoms with Crippen molar-refractivity contribution in [1.29, 1.82) is 0 Å². The van der Waals surface area contributed by atoms with E-state index in [9.17, 15) is 13.2 Å². The molecule has 0 bridgehead atoms. The SMILES string of the molecule is Cc1cc(C)n(CCN(C(=O)CCCS(=O)(=O)c2ccccc2)c2nc3c(C)cc(Cl)cc3s2)n1. The minimum atomic E-state index is -3.45. The molecule has 0 saturated carbocycles. The topological polar surface area (TPSA) is 85.2 Å². The number of aromatic nitrogens is 3. The van der Waals surface area contributed by atoms with Crippen LogP contribution in [0.2, 0.25) is 5.02 Å². The Kier molecular flexibility index (Phi) is 7.59. The highest BCUT2D eigenvalue weighted by Crippen LogP contribution is 2.33. The highest BCUT2D eigenvalue weighted by Gasteiger charge is 2.22. The van der Waals surface area contributed by atoms with Gasteiger partial charge in [0.2, 0.25) is 5.91 Å². The summed E-state index contributed by atoms with van der Waals surface area (Å²) in [6, 6.07) is 14.0. The van der Waals surface area contributed by atoms with Crippen molar-refractivity contribution < 1.29 is 13.2 Å². The fraction of sp³-hybridized carbons (Fsp3) is 0.320. The molecule has 35 heavy (non-hydrogen) atoms. The maximum absolute atomic E-state index is 13.3. The molecule has 1 amide bonds. The van der Waals surface area contributed by atoms with Crippen LogP contribution in [-0.4, -0.2) is 41.4 Å². The predicted molar refractivity (Wildman–Crippen MR) is 141 cm³/mol. The summed E-state index contributed by atoms with van der Waals surface area (Å²) in [5.74, 6) is -0.264. The molecule has 2 heterocycles. The van der Waals surface area contributed by atoms with E-state index in [2.05, 4.69) is 5.10 Å². The molecule has 2 aromatic carbocycles. The Morgan fingerprint density at radius 3 is 2.54 bits per heavy atom. The zero-order chi connectivity index (χ0) is 25.2. The summed E-state index contributed by atoms with van der Waals surface area (Å²) in [6.07, 6.45) is 0.320. The molecule has 0 aliphatic heterocycles. The first-order chi connectivity index (χ1) is 16.6. The monoisotopic (exact) mass is 530 g/mol. The van der Waals surface area contributed by atoms with Crippen molar-refractivity contribution in [3.8, 4) is 0 Å². The Labute approximate surface area is 214 Å². The third-order valence-electron chi connectivity index (χ3n) is 5.72. The smallest absolute Gasteiger partial charge is 0.228 e. The van der Waals surface area contributed by atoms with E-state index < -0.39 is 9.84 Å². The molecule has 0 fully saturated rings. The Balaban J connectivity index is 1.54. The number of carbonyl (C=O) groups excluding carboxylic acids is 1. The van der Waals surface area contributed by atoms with Crippen molar-refractivity contribution in [3.63, 3.8) is 0 Å². The summed E-state index contributed by atoms with van der Waals surface area (Å²) in [5, 5.41) is 5.69. The first kappa shape index (κ1) is 25.3. The molecule has 0 radical (unpaired) electrons. The quantitative estimate of drug-likeness (QED) is 0.291. The van der Waals surface area contributed by atoms with E-state index in [-0.39, 0.29) is 29.4 Å². The van der Waals surface area contributed by atoms with E-state index >= 15 is 0 Å². The number of halogens is 1. The number of carbonyl (C=O) groups is 1. The van der Waals surface area contributed by atoms with Gasteiger partial charge in [-0.1, -0.05) is 41.1 Å². The van der Waals surface area contributed by atoms with Gasteiger partial charge in [-0.3, -0.25) is 14.4 Å². The first-order valence-electron chi connectivity index (χ1n) is 11.3. The van der Waals surface area contributed by atoms with Gasteiger partial charge >= 0.3 is 0 Å². The number of hydrogen-bond donors (Lipinski definition) is 0. The van der Waals surface area contributed by atoms with E-state index in [0.717, 1.165) is 27.2 Å². The van der Waals surface area contributed by atoms with Gasteiger partial charge in [-0.05, 0) is 63.1 Å². The molecule has 4 rings (SSSR count). The van der Waals surface area contributed by atoms with Gasteiger partial charge in [-0.2, -0.15) is 5.10 Å². The third kappa shape index (κ3) is 5.91. The Morgan fingerprint density at radius 1 is 1.11 bits per heavy atom. The molecule has 0 atom stereocenters. The molecule has 0 saturated heterocycles. The van der Waals surface area contributed by atoms with Gasteiger partial charge in [-0.15, -0.1) is 0 Å². The van der Waals surface area contributed by atoms with Gasteiger partial charge in [0.1, 0.15) is 0 Å². The van der Waals surface area contributed by atoms with Crippen molar-refractivity contribution in [2.45, 2.75) is 45.1 Å². The van der Waals surface area contributed by atoms with Crippen LogP contribution < -0.4 is 4.90 Å². The van der Waals surface area contributed by atoms with Gasteiger partial charge in [0.15, 0.2) is 15.0 Å². The number of benzene rings is 2. The van der Waals surface area contributed by atoms with Crippen LogP contribution in [0.1, 0.15) is 29.8 Å². The fourth-order valence-corrected chi connectivity index (χ4v) is 6.77. The van der Waals surface area contributed by atoms with Crippen LogP contribution in [0.15, 0.2) is 53.4 Å². The lowest BCUT2D eigenvalue weighted by Crippen LogP contribution is -2.34. The van der Waals surface area contributed by atoms with Gasteiger partial charge < -0.3 is 0 Å². The minimum Gasteiger partial charge on any atom is -0.286 e. The number of aryl methyl sites for hydroxylation is 3. The van der Waals surface area contributed by atoms with Crippen LogP contribution in [-0.2, 0) is 21.2 Å². The molecule has 7 nitrogen and oxygen atoms in total. The van der Waals surface area contributed by atoms with Crippen LogP contribution in [0.3, 0.4) is 0 Å². The fourth-order valence-electron chi connectivity index (χ4n) is 3.98. The molecule has 184 valence electrons. The second-order valence-electron chi connectivity index (χ2n) is 8.50. The van der Waals surface area contributed by atoms with E-state index in [4.69, 9.17) is 16.6 Å². The van der Waals surface area contributed by atoms with Crippen molar-refractivity contribution in [1.82, 2.24) is 14.8 Å². The second-order valence-corrected chi connectivity index (χ2v) is 12.1. The van der Waals surface area contributed by atoms with E-state index in [0.29, 0.717) is 23.2 Å².